The van der Waals surface area contributed by atoms with Crippen molar-refractivity contribution < 1.29 is 14.3 Å². The maximum Gasteiger partial charge on any atom is 0.315 e. The molecule has 3 rings (SSSR count). The number of rotatable bonds is 4. The monoisotopic (exact) mass is 379 g/mol. The van der Waals surface area contributed by atoms with Crippen molar-refractivity contribution in [1.29, 1.82) is 0 Å². The molecule has 2 aromatic heterocycles. The second-order valence-electron chi connectivity index (χ2n) is 6.72. The third-order valence-corrected chi connectivity index (χ3v) is 5.68. The molecule has 4 nitrogen and oxygen atoms in total. The Morgan fingerprint density at radius 2 is 2.08 bits per heavy atom. The highest BCUT2D eigenvalue weighted by Gasteiger charge is 2.31. The zero-order valence-corrected chi connectivity index (χ0v) is 16.2. The Hall–Kier alpha value is -1.59. The van der Waals surface area contributed by atoms with Crippen LogP contribution in [-0.2, 0) is 16.1 Å². The Morgan fingerprint density at radius 3 is 2.72 bits per heavy atom. The molecular formula is C19H22ClNO3S. The van der Waals surface area contributed by atoms with E-state index in [1.807, 2.05) is 31.4 Å². The van der Waals surface area contributed by atoms with Crippen LogP contribution in [0.25, 0.3) is 0 Å². The van der Waals surface area contributed by atoms with Crippen LogP contribution in [0, 0.1) is 6.92 Å². The number of esters is 1. The maximum absolute atomic E-state index is 13.0. The van der Waals surface area contributed by atoms with Crippen LogP contribution < -0.4 is 0 Å². The Bertz CT molecular complexity index is 806. The van der Waals surface area contributed by atoms with Crippen LogP contribution in [0.5, 0.6) is 0 Å². The molecule has 1 unspecified atom stereocenters. The third kappa shape index (κ3) is 3.67. The van der Waals surface area contributed by atoms with Crippen molar-refractivity contribution >= 4 is 34.7 Å². The summed E-state index contributed by atoms with van der Waals surface area (Å²) < 4.78 is 8.06. The van der Waals surface area contributed by atoms with Gasteiger partial charge in [-0.2, -0.15) is 0 Å². The summed E-state index contributed by atoms with van der Waals surface area (Å²) in [7, 11) is 0. The van der Waals surface area contributed by atoms with Gasteiger partial charge in [-0.15, -0.1) is 11.3 Å². The van der Waals surface area contributed by atoms with E-state index in [9.17, 15) is 9.59 Å². The second kappa shape index (κ2) is 7.34. The summed E-state index contributed by atoms with van der Waals surface area (Å²) in [4.78, 5) is 26.2. The van der Waals surface area contributed by atoms with Gasteiger partial charge in [0.15, 0.2) is 0 Å². The van der Waals surface area contributed by atoms with E-state index in [2.05, 4.69) is 0 Å². The minimum atomic E-state index is -0.308. The topological polar surface area (TPSA) is 48.3 Å². The predicted molar refractivity (Wildman–Crippen MR) is 99.8 cm³/mol. The highest BCUT2D eigenvalue weighted by molar-refractivity contribution is 7.18. The fraction of sp³-hybridized carbons (Fsp3) is 0.474. The van der Waals surface area contributed by atoms with E-state index in [1.165, 1.54) is 11.3 Å². The minimum Gasteiger partial charge on any atom is -0.462 e. The fourth-order valence-electron chi connectivity index (χ4n) is 3.41. The molecule has 0 aromatic carbocycles. The van der Waals surface area contributed by atoms with Gasteiger partial charge in [0.1, 0.15) is 0 Å². The van der Waals surface area contributed by atoms with E-state index in [0.29, 0.717) is 14.9 Å². The number of aromatic nitrogens is 1. The quantitative estimate of drug-likeness (QED) is 0.557. The first-order valence-electron chi connectivity index (χ1n) is 8.59. The van der Waals surface area contributed by atoms with E-state index in [4.69, 9.17) is 16.3 Å². The SMILES string of the molecule is Cc1cc2n(c1C(=O)c1ccc(Cl)s1)CCCCC2C(=O)OC(C)C. The van der Waals surface area contributed by atoms with Crippen LogP contribution in [0.3, 0.4) is 0 Å². The first-order valence-corrected chi connectivity index (χ1v) is 9.78. The van der Waals surface area contributed by atoms with Gasteiger partial charge in [-0.1, -0.05) is 18.0 Å². The Kier molecular flexibility index (Phi) is 5.35. The number of thiophene rings is 1. The molecule has 0 fully saturated rings. The lowest BCUT2D eigenvalue weighted by molar-refractivity contribution is -0.149. The first kappa shape index (κ1) is 18.2. The molecule has 1 aliphatic rings. The number of hydrogen-bond donors (Lipinski definition) is 0. The van der Waals surface area contributed by atoms with Gasteiger partial charge >= 0.3 is 5.97 Å². The fourth-order valence-corrected chi connectivity index (χ4v) is 4.40. The molecule has 0 saturated carbocycles. The van der Waals surface area contributed by atoms with Crippen LogP contribution in [0.4, 0.5) is 0 Å². The number of carbonyl (C=O) groups is 2. The van der Waals surface area contributed by atoms with Crippen molar-refractivity contribution in [3.63, 3.8) is 0 Å². The number of nitrogens with zero attached hydrogens (tertiary/aromatic N) is 1. The van der Waals surface area contributed by atoms with Crippen molar-refractivity contribution in [2.45, 2.75) is 58.6 Å². The number of ether oxygens (including phenoxy) is 1. The summed E-state index contributed by atoms with van der Waals surface area (Å²) >= 11 is 7.27. The predicted octanol–water partition coefficient (Wildman–Crippen LogP) is 4.96. The molecule has 3 heterocycles. The summed E-state index contributed by atoms with van der Waals surface area (Å²) in [6, 6.07) is 5.47. The van der Waals surface area contributed by atoms with E-state index < -0.39 is 0 Å². The standard InChI is InChI=1S/C19H22ClNO3S/c1-11(2)24-19(23)13-6-4-5-9-21-14(13)10-12(3)17(21)18(22)15-7-8-16(20)25-15/h7-8,10-11,13H,4-6,9H2,1-3H3. The molecular weight excluding hydrogens is 358 g/mol. The number of fused-ring (bicyclic) bond motifs is 1. The minimum absolute atomic E-state index is 0.0291. The Labute approximate surface area is 156 Å². The number of halogens is 1. The van der Waals surface area contributed by atoms with Gasteiger partial charge in [0.05, 0.1) is 26.9 Å². The number of ketones is 1. The van der Waals surface area contributed by atoms with Gasteiger partial charge < -0.3 is 9.30 Å². The number of hydrogen-bond acceptors (Lipinski definition) is 4. The average Bonchev–Trinajstić information content (AvgIpc) is 3.03. The molecule has 0 radical (unpaired) electrons. The highest BCUT2D eigenvalue weighted by Crippen LogP contribution is 2.34. The molecule has 0 N–H and O–H groups in total. The Balaban J connectivity index is 2.02. The van der Waals surface area contributed by atoms with Crippen LogP contribution in [-0.4, -0.2) is 22.4 Å². The van der Waals surface area contributed by atoms with Gasteiger partial charge in [-0.3, -0.25) is 9.59 Å². The van der Waals surface area contributed by atoms with Gasteiger partial charge in [0.2, 0.25) is 5.78 Å². The Morgan fingerprint density at radius 1 is 1.32 bits per heavy atom. The molecule has 1 aliphatic heterocycles. The first-order chi connectivity index (χ1) is 11.9. The molecule has 0 amide bonds. The molecule has 6 heteroatoms. The van der Waals surface area contributed by atoms with Crippen LogP contribution in [0.2, 0.25) is 4.34 Å². The molecule has 0 aliphatic carbocycles. The molecule has 1 atom stereocenters. The smallest absolute Gasteiger partial charge is 0.315 e. The highest BCUT2D eigenvalue weighted by atomic mass is 35.5. The molecule has 0 spiro atoms. The number of aryl methyl sites for hydroxylation is 1. The molecule has 2 aromatic rings. The summed E-state index contributed by atoms with van der Waals surface area (Å²) in [6.07, 6.45) is 2.50. The molecule has 0 saturated heterocycles. The number of carbonyl (C=O) groups excluding carboxylic acids is 2. The van der Waals surface area contributed by atoms with Crippen LogP contribution >= 0.6 is 22.9 Å². The van der Waals surface area contributed by atoms with E-state index in [1.54, 1.807) is 12.1 Å². The van der Waals surface area contributed by atoms with Gasteiger partial charge in [0.25, 0.3) is 0 Å². The lowest BCUT2D eigenvalue weighted by Gasteiger charge is -2.17. The van der Waals surface area contributed by atoms with E-state index in [-0.39, 0.29) is 23.8 Å². The van der Waals surface area contributed by atoms with E-state index >= 15 is 0 Å². The van der Waals surface area contributed by atoms with Crippen LogP contribution in [0.1, 0.15) is 65.7 Å². The van der Waals surface area contributed by atoms with Gasteiger partial charge in [-0.05, 0) is 57.4 Å². The lowest BCUT2D eigenvalue weighted by Crippen LogP contribution is -2.21. The second-order valence-corrected chi connectivity index (χ2v) is 8.43. The van der Waals surface area contributed by atoms with E-state index in [0.717, 1.165) is 37.1 Å². The summed E-state index contributed by atoms with van der Waals surface area (Å²) in [5.74, 6) is -0.538. The molecule has 0 bridgehead atoms. The third-order valence-electron chi connectivity index (χ3n) is 4.45. The largest absolute Gasteiger partial charge is 0.462 e. The summed E-state index contributed by atoms with van der Waals surface area (Å²) in [5, 5.41) is 0. The summed E-state index contributed by atoms with van der Waals surface area (Å²) in [6.45, 7) is 6.38. The molecule has 25 heavy (non-hydrogen) atoms. The average molecular weight is 380 g/mol. The van der Waals surface area contributed by atoms with Crippen molar-refractivity contribution in [3.05, 3.63) is 44.4 Å². The summed E-state index contributed by atoms with van der Waals surface area (Å²) in [5.41, 5.74) is 2.46. The zero-order valence-electron chi connectivity index (χ0n) is 14.7. The van der Waals surface area contributed by atoms with Crippen molar-refractivity contribution in [2.75, 3.05) is 0 Å². The maximum atomic E-state index is 13.0. The normalized spacial score (nSPS) is 17.2. The van der Waals surface area contributed by atoms with Crippen LogP contribution in [0.15, 0.2) is 18.2 Å². The van der Waals surface area contributed by atoms with Crippen molar-refractivity contribution in [3.8, 4) is 0 Å². The molecule has 134 valence electrons. The van der Waals surface area contributed by atoms with Crippen molar-refractivity contribution in [2.24, 2.45) is 0 Å². The zero-order chi connectivity index (χ0) is 18.1. The van der Waals surface area contributed by atoms with Crippen molar-refractivity contribution in [1.82, 2.24) is 4.57 Å². The van der Waals surface area contributed by atoms with Gasteiger partial charge in [0, 0.05) is 12.2 Å². The van der Waals surface area contributed by atoms with Gasteiger partial charge in [-0.25, -0.2) is 0 Å². The lowest BCUT2D eigenvalue weighted by atomic mass is 9.99.